The fraction of sp³-hybridized carbons (Fsp3) is 0.176. The summed E-state index contributed by atoms with van der Waals surface area (Å²) in [5.41, 5.74) is 1.63. The number of nitriles is 2. The minimum absolute atomic E-state index is 0.392. The highest BCUT2D eigenvalue weighted by molar-refractivity contribution is 5.56. The van der Waals surface area contributed by atoms with Gasteiger partial charge in [0.1, 0.15) is 17.9 Å². The van der Waals surface area contributed by atoms with Crippen LogP contribution in [-0.2, 0) is 0 Å². The maximum Gasteiger partial charge on any atom is 0.119 e. The van der Waals surface area contributed by atoms with Crippen LogP contribution in [0.15, 0.2) is 48.5 Å². The molecule has 0 aromatic heterocycles. The highest BCUT2D eigenvalue weighted by atomic mass is 16.5. The fourth-order valence-electron chi connectivity index (χ4n) is 1.86. The zero-order valence-electron chi connectivity index (χ0n) is 11.5. The van der Waals surface area contributed by atoms with E-state index in [1.54, 1.807) is 18.2 Å². The van der Waals surface area contributed by atoms with E-state index in [-0.39, 0.29) is 0 Å². The first-order valence-corrected chi connectivity index (χ1v) is 6.69. The number of nitrogens with one attached hydrogen (secondary N) is 1. The molecule has 1 N–H and O–H groups in total. The van der Waals surface area contributed by atoms with Crippen molar-refractivity contribution >= 4 is 5.69 Å². The number of para-hydroxylation sites is 1. The number of hydrogen-bond donors (Lipinski definition) is 1. The Kier molecular flexibility index (Phi) is 5.20. The van der Waals surface area contributed by atoms with Gasteiger partial charge in [-0.1, -0.05) is 18.2 Å². The molecule has 0 aliphatic rings. The molecule has 0 saturated heterocycles. The molecule has 0 unspecified atom stereocenters. The molecular weight excluding hydrogens is 262 g/mol. The van der Waals surface area contributed by atoms with Crippen molar-refractivity contribution in [2.75, 3.05) is 18.5 Å². The first-order chi connectivity index (χ1) is 10.3. The molecule has 0 bridgehead atoms. The third kappa shape index (κ3) is 4.26. The van der Waals surface area contributed by atoms with E-state index in [2.05, 4.69) is 5.32 Å². The van der Waals surface area contributed by atoms with Crippen molar-refractivity contribution in [3.05, 3.63) is 59.7 Å². The van der Waals surface area contributed by atoms with Gasteiger partial charge >= 0.3 is 0 Å². The maximum atomic E-state index is 8.96. The third-order valence-electron chi connectivity index (χ3n) is 2.92. The Hall–Kier alpha value is -2.98. The van der Waals surface area contributed by atoms with E-state index >= 15 is 0 Å². The van der Waals surface area contributed by atoms with Crippen LogP contribution in [0.5, 0.6) is 5.75 Å². The summed E-state index contributed by atoms with van der Waals surface area (Å²) in [7, 11) is 0. The summed E-state index contributed by atoms with van der Waals surface area (Å²) in [6, 6.07) is 18.8. The van der Waals surface area contributed by atoms with Gasteiger partial charge < -0.3 is 10.1 Å². The van der Waals surface area contributed by atoms with Crippen LogP contribution >= 0.6 is 0 Å². The van der Waals surface area contributed by atoms with Crippen molar-refractivity contribution in [1.82, 2.24) is 0 Å². The second-order valence-corrected chi connectivity index (χ2v) is 4.43. The molecule has 0 saturated carbocycles. The lowest BCUT2D eigenvalue weighted by atomic mass is 10.1. The maximum absolute atomic E-state index is 8.96. The van der Waals surface area contributed by atoms with Crippen molar-refractivity contribution < 1.29 is 4.74 Å². The minimum Gasteiger partial charge on any atom is -0.494 e. The van der Waals surface area contributed by atoms with Crippen molar-refractivity contribution in [2.45, 2.75) is 6.42 Å². The summed E-state index contributed by atoms with van der Waals surface area (Å²) in [4.78, 5) is 0. The molecule has 21 heavy (non-hydrogen) atoms. The van der Waals surface area contributed by atoms with Crippen LogP contribution < -0.4 is 10.1 Å². The van der Waals surface area contributed by atoms with E-state index in [1.807, 2.05) is 42.5 Å². The van der Waals surface area contributed by atoms with Gasteiger partial charge in [-0.3, -0.25) is 0 Å². The highest BCUT2D eigenvalue weighted by Crippen LogP contribution is 2.14. The van der Waals surface area contributed by atoms with Gasteiger partial charge in [0.15, 0.2) is 0 Å². The predicted octanol–water partition coefficient (Wildman–Crippen LogP) is 3.31. The Morgan fingerprint density at radius 1 is 0.952 bits per heavy atom. The van der Waals surface area contributed by atoms with Gasteiger partial charge in [-0.15, -0.1) is 0 Å². The standard InChI is InChI=1S/C17H15N3O/c18-12-14-7-8-16(11-15(14)13-19)20-9-4-10-21-17-5-2-1-3-6-17/h1-3,5-8,11,20H,4,9-10H2. The zero-order valence-corrected chi connectivity index (χ0v) is 11.5. The van der Waals surface area contributed by atoms with Crippen molar-refractivity contribution in [3.8, 4) is 17.9 Å². The Bertz CT molecular complexity index is 669. The smallest absolute Gasteiger partial charge is 0.119 e. The molecule has 4 heteroatoms. The number of anilines is 1. The van der Waals surface area contributed by atoms with Gasteiger partial charge in [-0.25, -0.2) is 0 Å². The Morgan fingerprint density at radius 2 is 1.71 bits per heavy atom. The average molecular weight is 277 g/mol. The molecular formula is C17H15N3O. The lowest BCUT2D eigenvalue weighted by molar-refractivity contribution is 0.315. The Balaban J connectivity index is 1.77. The molecule has 4 nitrogen and oxygen atoms in total. The quantitative estimate of drug-likeness (QED) is 0.822. The number of nitrogens with zero attached hydrogens (tertiary/aromatic N) is 2. The van der Waals surface area contributed by atoms with Crippen LogP contribution in [0.2, 0.25) is 0 Å². The lowest BCUT2D eigenvalue weighted by Crippen LogP contribution is -2.07. The molecule has 104 valence electrons. The van der Waals surface area contributed by atoms with E-state index in [0.29, 0.717) is 17.7 Å². The molecule has 0 atom stereocenters. The molecule has 2 aromatic rings. The molecule has 0 aliphatic carbocycles. The summed E-state index contributed by atoms with van der Waals surface area (Å²) in [5, 5.41) is 21.0. The van der Waals surface area contributed by atoms with Gasteiger partial charge in [0, 0.05) is 12.2 Å². The number of hydrogen-bond acceptors (Lipinski definition) is 4. The van der Waals surface area contributed by atoms with Crippen molar-refractivity contribution in [3.63, 3.8) is 0 Å². The summed E-state index contributed by atoms with van der Waals surface area (Å²) in [6.45, 7) is 1.36. The Morgan fingerprint density at radius 3 is 2.43 bits per heavy atom. The highest BCUT2D eigenvalue weighted by Gasteiger charge is 2.02. The van der Waals surface area contributed by atoms with E-state index in [0.717, 1.165) is 24.4 Å². The summed E-state index contributed by atoms with van der Waals surface area (Å²) in [6.07, 6.45) is 0.844. The normalized spacial score (nSPS) is 9.43. The monoisotopic (exact) mass is 277 g/mol. The molecule has 0 spiro atoms. The van der Waals surface area contributed by atoms with Gasteiger partial charge in [0.25, 0.3) is 0 Å². The van der Waals surface area contributed by atoms with Crippen LogP contribution in [0.25, 0.3) is 0 Å². The van der Waals surface area contributed by atoms with Gasteiger partial charge in [0.2, 0.25) is 0 Å². The van der Waals surface area contributed by atoms with Gasteiger partial charge in [-0.2, -0.15) is 10.5 Å². The first-order valence-electron chi connectivity index (χ1n) is 6.69. The number of benzene rings is 2. The second-order valence-electron chi connectivity index (χ2n) is 4.43. The second kappa shape index (κ2) is 7.57. The van der Waals surface area contributed by atoms with E-state index in [9.17, 15) is 0 Å². The van der Waals surface area contributed by atoms with Crippen LogP contribution in [-0.4, -0.2) is 13.2 Å². The zero-order chi connectivity index (χ0) is 14.9. The lowest BCUT2D eigenvalue weighted by Gasteiger charge is -2.08. The molecule has 0 aliphatic heterocycles. The molecule has 0 heterocycles. The third-order valence-corrected chi connectivity index (χ3v) is 2.92. The summed E-state index contributed by atoms with van der Waals surface area (Å²) in [5.74, 6) is 0.864. The predicted molar refractivity (Wildman–Crippen MR) is 80.9 cm³/mol. The molecule has 0 fully saturated rings. The van der Waals surface area contributed by atoms with E-state index < -0.39 is 0 Å². The van der Waals surface area contributed by atoms with E-state index in [1.165, 1.54) is 0 Å². The van der Waals surface area contributed by atoms with Crippen LogP contribution in [0, 0.1) is 22.7 Å². The number of ether oxygens (including phenoxy) is 1. The largest absolute Gasteiger partial charge is 0.494 e. The molecule has 0 radical (unpaired) electrons. The molecule has 0 amide bonds. The van der Waals surface area contributed by atoms with Crippen LogP contribution in [0.1, 0.15) is 17.5 Å². The topological polar surface area (TPSA) is 68.8 Å². The van der Waals surface area contributed by atoms with Crippen molar-refractivity contribution in [2.24, 2.45) is 0 Å². The Labute approximate surface area is 124 Å². The fourth-order valence-corrected chi connectivity index (χ4v) is 1.86. The number of rotatable bonds is 6. The van der Waals surface area contributed by atoms with Crippen molar-refractivity contribution in [1.29, 1.82) is 10.5 Å². The summed E-state index contributed by atoms with van der Waals surface area (Å²) >= 11 is 0. The first kappa shape index (κ1) is 14.4. The van der Waals surface area contributed by atoms with Gasteiger partial charge in [0.05, 0.1) is 17.7 Å². The molecule has 2 aromatic carbocycles. The van der Waals surface area contributed by atoms with Crippen LogP contribution in [0.3, 0.4) is 0 Å². The van der Waals surface area contributed by atoms with Gasteiger partial charge in [-0.05, 0) is 36.8 Å². The summed E-state index contributed by atoms with van der Waals surface area (Å²) < 4.78 is 5.59. The average Bonchev–Trinajstić information content (AvgIpc) is 2.55. The van der Waals surface area contributed by atoms with Crippen LogP contribution in [0.4, 0.5) is 5.69 Å². The SMILES string of the molecule is N#Cc1ccc(NCCCOc2ccccc2)cc1C#N. The molecule has 2 rings (SSSR count). The minimum atomic E-state index is 0.392. The van der Waals surface area contributed by atoms with E-state index in [4.69, 9.17) is 15.3 Å².